The minimum atomic E-state index is -0.574. The van der Waals surface area contributed by atoms with E-state index in [2.05, 4.69) is 6.58 Å². The highest BCUT2D eigenvalue weighted by Crippen LogP contribution is 2.18. The van der Waals surface area contributed by atoms with E-state index in [4.69, 9.17) is 4.74 Å². The molecule has 1 rings (SSSR count). The van der Waals surface area contributed by atoms with Gasteiger partial charge in [0.2, 0.25) is 0 Å². The maximum atomic E-state index is 12.5. The number of carbonyl (C=O) groups excluding carboxylic acids is 1. The summed E-state index contributed by atoms with van der Waals surface area (Å²) in [4.78, 5) is 14.1. The van der Waals surface area contributed by atoms with Crippen molar-refractivity contribution >= 4 is 6.09 Å². The summed E-state index contributed by atoms with van der Waals surface area (Å²) in [6, 6.07) is 9.34. The zero-order chi connectivity index (χ0) is 16.8. The van der Waals surface area contributed by atoms with Gasteiger partial charge in [-0.3, -0.25) is 4.90 Å². The van der Waals surface area contributed by atoms with Gasteiger partial charge in [-0.05, 0) is 39.7 Å². The lowest BCUT2D eigenvalue weighted by Crippen LogP contribution is -2.44. The van der Waals surface area contributed by atoms with Gasteiger partial charge in [0.05, 0.1) is 12.6 Å². The van der Waals surface area contributed by atoms with E-state index in [1.807, 2.05) is 58.0 Å². The monoisotopic (exact) mass is 305 g/mol. The number of aliphatic hydroxyl groups is 1. The Labute approximate surface area is 133 Å². The average molecular weight is 305 g/mol. The van der Waals surface area contributed by atoms with Crippen LogP contribution in [-0.2, 0) is 11.3 Å². The second-order valence-electron chi connectivity index (χ2n) is 6.59. The highest BCUT2D eigenvalue weighted by molar-refractivity contribution is 5.68. The Balaban J connectivity index is 2.97. The van der Waals surface area contributed by atoms with Crippen molar-refractivity contribution in [3.8, 4) is 0 Å². The lowest BCUT2D eigenvalue weighted by Gasteiger charge is -2.33. The first-order valence-corrected chi connectivity index (χ1v) is 7.51. The molecule has 4 nitrogen and oxygen atoms in total. The zero-order valence-electron chi connectivity index (χ0n) is 14.0. The molecule has 0 aliphatic heterocycles. The fourth-order valence-corrected chi connectivity index (χ4v) is 2.12. The molecule has 1 aromatic carbocycles. The third kappa shape index (κ3) is 6.31. The van der Waals surface area contributed by atoms with Gasteiger partial charge >= 0.3 is 6.09 Å². The topological polar surface area (TPSA) is 49.8 Å². The molecule has 0 radical (unpaired) electrons. The molecule has 0 aliphatic carbocycles. The first-order chi connectivity index (χ1) is 10.2. The second kappa shape index (κ2) is 7.99. The number of ether oxygens (including phenoxy) is 1. The smallest absolute Gasteiger partial charge is 0.410 e. The van der Waals surface area contributed by atoms with Crippen LogP contribution in [0.2, 0.25) is 0 Å². The molecule has 22 heavy (non-hydrogen) atoms. The van der Waals surface area contributed by atoms with Crippen molar-refractivity contribution in [1.29, 1.82) is 0 Å². The molecule has 1 unspecified atom stereocenters. The minimum Gasteiger partial charge on any atom is -0.444 e. The predicted molar refractivity (Wildman–Crippen MR) is 88.5 cm³/mol. The van der Waals surface area contributed by atoms with Crippen molar-refractivity contribution in [3.05, 3.63) is 48.0 Å². The number of rotatable bonds is 6. The van der Waals surface area contributed by atoms with E-state index in [-0.39, 0.29) is 12.6 Å². The number of carbonyl (C=O) groups is 1. The van der Waals surface area contributed by atoms with Crippen LogP contribution in [0.4, 0.5) is 4.79 Å². The molecule has 0 heterocycles. The van der Waals surface area contributed by atoms with Crippen molar-refractivity contribution in [3.63, 3.8) is 0 Å². The molecule has 1 N–H and O–H groups in total. The van der Waals surface area contributed by atoms with Gasteiger partial charge in [-0.25, -0.2) is 4.79 Å². The lowest BCUT2D eigenvalue weighted by atomic mass is 10.1. The summed E-state index contributed by atoms with van der Waals surface area (Å²) in [5, 5.41) is 9.68. The molecule has 4 heteroatoms. The van der Waals surface area contributed by atoms with Crippen molar-refractivity contribution in [2.24, 2.45) is 0 Å². The van der Waals surface area contributed by atoms with Crippen LogP contribution in [-0.4, -0.2) is 34.3 Å². The van der Waals surface area contributed by atoms with Crippen LogP contribution >= 0.6 is 0 Å². The largest absolute Gasteiger partial charge is 0.444 e. The molecule has 122 valence electrons. The Morgan fingerprint density at radius 1 is 1.32 bits per heavy atom. The highest BCUT2D eigenvalue weighted by atomic mass is 16.6. The van der Waals surface area contributed by atoms with Crippen LogP contribution in [0, 0.1) is 0 Å². The van der Waals surface area contributed by atoms with Gasteiger partial charge in [0.15, 0.2) is 0 Å². The van der Waals surface area contributed by atoms with Gasteiger partial charge in [-0.15, -0.1) is 6.58 Å². The predicted octanol–water partition coefficient (Wildman–Crippen LogP) is 3.75. The van der Waals surface area contributed by atoms with E-state index < -0.39 is 11.7 Å². The minimum absolute atomic E-state index is 0.126. The van der Waals surface area contributed by atoms with Crippen LogP contribution in [0.25, 0.3) is 0 Å². The summed E-state index contributed by atoms with van der Waals surface area (Å²) in [5.74, 6) is 0. The maximum absolute atomic E-state index is 12.5. The van der Waals surface area contributed by atoms with E-state index in [9.17, 15) is 9.90 Å². The Hall–Kier alpha value is -1.81. The zero-order valence-corrected chi connectivity index (χ0v) is 14.0. The quantitative estimate of drug-likeness (QED) is 0.814. The summed E-state index contributed by atoms with van der Waals surface area (Å²) in [7, 11) is 0. The van der Waals surface area contributed by atoms with Crippen molar-refractivity contribution in [2.45, 2.75) is 52.3 Å². The van der Waals surface area contributed by atoms with E-state index >= 15 is 0 Å². The highest BCUT2D eigenvalue weighted by Gasteiger charge is 2.28. The molecule has 1 amide bonds. The summed E-state index contributed by atoms with van der Waals surface area (Å²) < 4.78 is 5.48. The Morgan fingerprint density at radius 2 is 1.91 bits per heavy atom. The van der Waals surface area contributed by atoms with E-state index in [0.717, 1.165) is 11.1 Å². The molecule has 0 aliphatic rings. The summed E-state index contributed by atoms with van der Waals surface area (Å²) in [5.41, 5.74) is 1.34. The standard InChI is InChI=1S/C18H27NO3/c1-14(2)11-16(13-20)19(17(21)22-18(3,4)5)12-15-9-7-6-8-10-15/h6-10,16,20H,1,11-13H2,2-5H3. The molecule has 0 fully saturated rings. The summed E-state index contributed by atoms with van der Waals surface area (Å²) in [6.45, 7) is 11.5. The van der Waals surface area contributed by atoms with Crippen LogP contribution in [0.3, 0.4) is 0 Å². The van der Waals surface area contributed by atoms with Crippen molar-refractivity contribution in [2.75, 3.05) is 6.61 Å². The fraction of sp³-hybridized carbons (Fsp3) is 0.500. The van der Waals surface area contributed by atoms with Gasteiger partial charge in [0.1, 0.15) is 5.60 Å². The molecule has 1 atom stereocenters. The van der Waals surface area contributed by atoms with Gasteiger partial charge in [-0.1, -0.05) is 35.9 Å². The lowest BCUT2D eigenvalue weighted by molar-refractivity contribution is 0.00700. The molecule has 0 spiro atoms. The number of aliphatic hydroxyl groups excluding tert-OH is 1. The Kier molecular flexibility index (Phi) is 6.62. The average Bonchev–Trinajstić information content (AvgIpc) is 2.41. The van der Waals surface area contributed by atoms with Crippen LogP contribution in [0.15, 0.2) is 42.5 Å². The molecular formula is C18H27NO3. The van der Waals surface area contributed by atoms with Crippen molar-refractivity contribution in [1.82, 2.24) is 4.90 Å². The summed E-state index contributed by atoms with van der Waals surface area (Å²) >= 11 is 0. The van der Waals surface area contributed by atoms with Gasteiger partial charge in [0.25, 0.3) is 0 Å². The van der Waals surface area contributed by atoms with Crippen LogP contribution in [0.1, 0.15) is 39.7 Å². The molecule has 0 aromatic heterocycles. The number of nitrogens with zero attached hydrogens (tertiary/aromatic N) is 1. The number of benzene rings is 1. The van der Waals surface area contributed by atoms with Crippen LogP contribution in [0.5, 0.6) is 0 Å². The SMILES string of the molecule is C=C(C)CC(CO)N(Cc1ccccc1)C(=O)OC(C)(C)C. The first kappa shape index (κ1) is 18.2. The first-order valence-electron chi connectivity index (χ1n) is 7.51. The molecule has 0 saturated heterocycles. The van der Waals surface area contributed by atoms with E-state index in [0.29, 0.717) is 13.0 Å². The third-order valence-corrected chi connectivity index (χ3v) is 3.06. The number of hydrogen-bond donors (Lipinski definition) is 1. The van der Waals surface area contributed by atoms with Gasteiger partial charge < -0.3 is 9.84 Å². The Bertz CT molecular complexity index is 491. The van der Waals surface area contributed by atoms with Gasteiger partial charge in [-0.2, -0.15) is 0 Å². The number of hydrogen-bond acceptors (Lipinski definition) is 3. The molecular weight excluding hydrogens is 278 g/mol. The molecule has 0 bridgehead atoms. The van der Waals surface area contributed by atoms with E-state index in [1.54, 1.807) is 4.90 Å². The maximum Gasteiger partial charge on any atom is 0.410 e. The van der Waals surface area contributed by atoms with E-state index in [1.165, 1.54) is 0 Å². The Morgan fingerprint density at radius 3 is 2.36 bits per heavy atom. The van der Waals surface area contributed by atoms with Crippen LogP contribution < -0.4 is 0 Å². The summed E-state index contributed by atoms with van der Waals surface area (Å²) in [6.07, 6.45) is 0.124. The fourth-order valence-electron chi connectivity index (χ4n) is 2.12. The number of amides is 1. The third-order valence-electron chi connectivity index (χ3n) is 3.06. The van der Waals surface area contributed by atoms with Gasteiger partial charge in [0, 0.05) is 6.54 Å². The molecule has 0 saturated carbocycles. The normalized spacial score (nSPS) is 12.6. The van der Waals surface area contributed by atoms with Crippen molar-refractivity contribution < 1.29 is 14.6 Å². The molecule has 1 aromatic rings. The second-order valence-corrected chi connectivity index (χ2v) is 6.59.